The van der Waals surface area contributed by atoms with Gasteiger partial charge in [-0.05, 0) is 33.6 Å². The molecular formula is C13H27NO4. The molecule has 1 N–H and O–H groups in total. The van der Waals surface area contributed by atoms with E-state index in [0.717, 1.165) is 32.9 Å². The third-order valence-electron chi connectivity index (χ3n) is 1.76. The Kier molecular flexibility index (Phi) is 10.3. The zero-order valence-electron chi connectivity index (χ0n) is 12.4. The van der Waals surface area contributed by atoms with Gasteiger partial charge in [-0.1, -0.05) is 13.8 Å². The Balaban J connectivity index is 0. The van der Waals surface area contributed by atoms with E-state index in [4.69, 9.17) is 14.6 Å². The maximum Gasteiger partial charge on any atom is 0.410 e. The number of amides is 1. The molecule has 1 fully saturated rings. The SMILES string of the molecule is CC.CC(=O)O.CC(C)(C)OC(=O)N1CCCC1. The van der Waals surface area contributed by atoms with Crippen molar-refractivity contribution in [1.82, 2.24) is 4.90 Å². The van der Waals surface area contributed by atoms with Gasteiger partial charge in [-0.3, -0.25) is 4.79 Å². The van der Waals surface area contributed by atoms with Crippen LogP contribution in [-0.4, -0.2) is 40.8 Å². The van der Waals surface area contributed by atoms with E-state index in [2.05, 4.69) is 0 Å². The summed E-state index contributed by atoms with van der Waals surface area (Å²) in [7, 11) is 0. The lowest BCUT2D eigenvalue weighted by molar-refractivity contribution is -0.134. The monoisotopic (exact) mass is 261 g/mol. The van der Waals surface area contributed by atoms with Crippen LogP contribution in [0.1, 0.15) is 54.4 Å². The summed E-state index contributed by atoms with van der Waals surface area (Å²) in [4.78, 5) is 22.1. The first-order valence-corrected chi connectivity index (χ1v) is 6.40. The van der Waals surface area contributed by atoms with Crippen LogP contribution in [0.4, 0.5) is 4.79 Å². The number of rotatable bonds is 0. The number of carbonyl (C=O) groups excluding carboxylic acids is 1. The molecule has 0 bridgehead atoms. The molecule has 0 atom stereocenters. The highest BCUT2D eigenvalue weighted by molar-refractivity contribution is 5.68. The Morgan fingerprint density at radius 1 is 1.11 bits per heavy atom. The highest BCUT2D eigenvalue weighted by atomic mass is 16.6. The summed E-state index contributed by atoms with van der Waals surface area (Å²) >= 11 is 0. The van der Waals surface area contributed by atoms with E-state index in [-0.39, 0.29) is 11.7 Å². The predicted molar refractivity (Wildman–Crippen MR) is 71.7 cm³/mol. The molecular weight excluding hydrogens is 234 g/mol. The van der Waals surface area contributed by atoms with Gasteiger partial charge in [0.25, 0.3) is 5.97 Å². The molecule has 0 aromatic carbocycles. The van der Waals surface area contributed by atoms with E-state index in [1.165, 1.54) is 0 Å². The van der Waals surface area contributed by atoms with Gasteiger partial charge in [-0.25, -0.2) is 4.79 Å². The average molecular weight is 261 g/mol. The molecule has 0 saturated carbocycles. The normalized spacial score (nSPS) is 13.8. The molecule has 1 amide bonds. The summed E-state index contributed by atoms with van der Waals surface area (Å²) in [6.07, 6.45) is 2.05. The van der Waals surface area contributed by atoms with Crippen molar-refractivity contribution >= 4 is 12.1 Å². The van der Waals surface area contributed by atoms with Gasteiger partial charge in [-0.2, -0.15) is 0 Å². The maximum atomic E-state index is 11.4. The van der Waals surface area contributed by atoms with Gasteiger partial charge in [-0.15, -0.1) is 0 Å². The van der Waals surface area contributed by atoms with Gasteiger partial charge in [0.1, 0.15) is 5.60 Å². The molecule has 0 aromatic heterocycles. The first-order chi connectivity index (χ1) is 8.22. The van der Waals surface area contributed by atoms with E-state index >= 15 is 0 Å². The van der Waals surface area contributed by atoms with Gasteiger partial charge < -0.3 is 14.7 Å². The van der Waals surface area contributed by atoms with Crippen LogP contribution < -0.4 is 0 Å². The zero-order chi connectivity index (χ0) is 14.8. The summed E-state index contributed by atoms with van der Waals surface area (Å²) in [5, 5.41) is 7.42. The van der Waals surface area contributed by atoms with Crippen molar-refractivity contribution in [2.75, 3.05) is 13.1 Å². The fourth-order valence-electron chi connectivity index (χ4n) is 1.23. The lowest BCUT2D eigenvalue weighted by Crippen LogP contribution is -2.34. The molecule has 0 aliphatic carbocycles. The number of aliphatic carboxylic acids is 1. The first-order valence-electron chi connectivity index (χ1n) is 6.40. The molecule has 1 heterocycles. The number of carbonyl (C=O) groups is 2. The van der Waals surface area contributed by atoms with Crippen LogP contribution in [0, 0.1) is 0 Å². The van der Waals surface area contributed by atoms with Crippen molar-refractivity contribution in [3.8, 4) is 0 Å². The lowest BCUT2D eigenvalue weighted by Gasteiger charge is -2.23. The number of ether oxygens (including phenoxy) is 1. The van der Waals surface area contributed by atoms with Gasteiger partial charge in [0.05, 0.1) is 0 Å². The molecule has 108 valence electrons. The topological polar surface area (TPSA) is 66.8 Å². The molecule has 1 aliphatic rings. The van der Waals surface area contributed by atoms with Gasteiger partial charge in [0, 0.05) is 20.0 Å². The number of carboxylic acid groups (broad SMARTS) is 1. The number of likely N-dealkylation sites (tertiary alicyclic amines) is 1. The average Bonchev–Trinajstić information content (AvgIpc) is 2.69. The van der Waals surface area contributed by atoms with E-state index in [0.29, 0.717) is 0 Å². The Morgan fingerprint density at radius 3 is 1.72 bits per heavy atom. The van der Waals surface area contributed by atoms with Gasteiger partial charge >= 0.3 is 6.09 Å². The van der Waals surface area contributed by atoms with Crippen molar-refractivity contribution in [3.63, 3.8) is 0 Å². The second kappa shape index (κ2) is 9.74. The van der Waals surface area contributed by atoms with E-state index < -0.39 is 5.97 Å². The van der Waals surface area contributed by atoms with Crippen LogP contribution in [-0.2, 0) is 9.53 Å². The molecule has 5 nitrogen and oxygen atoms in total. The van der Waals surface area contributed by atoms with Crippen LogP contribution in [0.2, 0.25) is 0 Å². The van der Waals surface area contributed by atoms with E-state index in [1.54, 1.807) is 4.90 Å². The molecule has 18 heavy (non-hydrogen) atoms. The van der Waals surface area contributed by atoms with Crippen LogP contribution in [0.15, 0.2) is 0 Å². The molecule has 0 aromatic rings. The molecule has 0 radical (unpaired) electrons. The second-order valence-corrected chi connectivity index (χ2v) is 4.69. The van der Waals surface area contributed by atoms with Crippen molar-refractivity contribution in [2.45, 2.75) is 60.0 Å². The predicted octanol–water partition coefficient (Wildman–Crippen LogP) is 3.13. The summed E-state index contributed by atoms with van der Waals surface area (Å²) in [5.41, 5.74) is -0.361. The van der Waals surface area contributed by atoms with Crippen LogP contribution in [0.5, 0.6) is 0 Å². The number of carboxylic acids is 1. The Labute approximate surface area is 110 Å². The van der Waals surface area contributed by atoms with Gasteiger partial charge in [0.2, 0.25) is 0 Å². The van der Waals surface area contributed by atoms with E-state index in [9.17, 15) is 4.79 Å². The van der Waals surface area contributed by atoms with E-state index in [1.807, 2.05) is 34.6 Å². The number of hydrogen-bond acceptors (Lipinski definition) is 3. The maximum absolute atomic E-state index is 11.4. The van der Waals surface area contributed by atoms with Crippen LogP contribution >= 0.6 is 0 Å². The number of nitrogens with zero attached hydrogens (tertiary/aromatic N) is 1. The molecule has 1 aliphatic heterocycles. The van der Waals surface area contributed by atoms with Crippen LogP contribution in [0.3, 0.4) is 0 Å². The highest BCUT2D eigenvalue weighted by Gasteiger charge is 2.23. The van der Waals surface area contributed by atoms with Crippen LogP contribution in [0.25, 0.3) is 0 Å². The lowest BCUT2D eigenvalue weighted by atomic mass is 10.2. The Morgan fingerprint density at radius 2 is 1.44 bits per heavy atom. The minimum Gasteiger partial charge on any atom is -0.481 e. The summed E-state index contributed by atoms with van der Waals surface area (Å²) in [6.45, 7) is 12.5. The summed E-state index contributed by atoms with van der Waals surface area (Å²) in [5.74, 6) is -0.833. The quantitative estimate of drug-likeness (QED) is 0.727. The zero-order valence-corrected chi connectivity index (χ0v) is 12.4. The number of hydrogen-bond donors (Lipinski definition) is 1. The van der Waals surface area contributed by atoms with Gasteiger partial charge in [0.15, 0.2) is 0 Å². The van der Waals surface area contributed by atoms with Crippen molar-refractivity contribution in [2.24, 2.45) is 0 Å². The largest absolute Gasteiger partial charge is 0.481 e. The van der Waals surface area contributed by atoms with Crippen molar-refractivity contribution < 1.29 is 19.4 Å². The highest BCUT2D eigenvalue weighted by Crippen LogP contribution is 2.14. The third-order valence-corrected chi connectivity index (χ3v) is 1.76. The van der Waals surface area contributed by atoms with Crippen molar-refractivity contribution in [1.29, 1.82) is 0 Å². The fraction of sp³-hybridized carbons (Fsp3) is 0.846. The molecule has 1 saturated heterocycles. The summed E-state index contributed by atoms with van der Waals surface area (Å²) in [6, 6.07) is 0. The molecule has 1 rings (SSSR count). The Hall–Kier alpha value is -1.26. The molecule has 0 unspecified atom stereocenters. The Bertz CT molecular complexity index is 236. The fourth-order valence-corrected chi connectivity index (χ4v) is 1.23. The third kappa shape index (κ3) is 12.8. The summed E-state index contributed by atoms with van der Waals surface area (Å²) < 4.78 is 5.21. The molecule has 0 spiro atoms. The standard InChI is InChI=1S/C9H17NO2.C2H4O2.C2H6/c1-9(2,3)12-8(11)10-6-4-5-7-10;1-2(3)4;1-2/h4-7H2,1-3H3;1H3,(H,3,4);1-2H3. The first kappa shape index (κ1) is 19.1. The second-order valence-electron chi connectivity index (χ2n) is 4.69. The minimum atomic E-state index is -0.833. The smallest absolute Gasteiger partial charge is 0.410 e. The minimum absolute atomic E-state index is 0.167. The molecule has 5 heteroatoms. The van der Waals surface area contributed by atoms with Crippen molar-refractivity contribution in [3.05, 3.63) is 0 Å².